The van der Waals surface area contributed by atoms with Gasteiger partial charge in [-0.3, -0.25) is 0 Å². The fourth-order valence-corrected chi connectivity index (χ4v) is 2.15. The van der Waals surface area contributed by atoms with E-state index in [1.54, 1.807) is 24.0 Å². The summed E-state index contributed by atoms with van der Waals surface area (Å²) in [6.07, 6.45) is 1.64. The predicted octanol–water partition coefficient (Wildman–Crippen LogP) is 3.43. The van der Waals surface area contributed by atoms with Crippen LogP contribution in [0, 0.1) is 13.8 Å². The van der Waals surface area contributed by atoms with Crippen molar-refractivity contribution in [3.63, 3.8) is 0 Å². The zero-order chi connectivity index (χ0) is 16.2. The van der Waals surface area contributed by atoms with E-state index in [2.05, 4.69) is 11.9 Å². The molecular formula is C16H22N2O3. The Hall–Kier alpha value is -2.30. The summed E-state index contributed by atoms with van der Waals surface area (Å²) in [4.78, 5) is 25.3. The lowest BCUT2D eigenvalue weighted by molar-refractivity contribution is 0.0698. The number of carbonyl (C=O) groups is 2. The second-order valence-electron chi connectivity index (χ2n) is 5.27. The number of carboxylic acid groups (broad SMARTS) is 1. The van der Waals surface area contributed by atoms with Crippen LogP contribution in [-0.4, -0.2) is 34.6 Å². The summed E-state index contributed by atoms with van der Waals surface area (Å²) in [6.45, 7) is 11.4. The highest BCUT2D eigenvalue weighted by atomic mass is 16.4. The molecule has 0 aliphatic rings. The molecule has 0 saturated carbocycles. The first kappa shape index (κ1) is 16.8. The molecule has 0 spiro atoms. The van der Waals surface area contributed by atoms with Gasteiger partial charge in [0, 0.05) is 12.6 Å². The Morgan fingerprint density at radius 2 is 2.00 bits per heavy atom. The van der Waals surface area contributed by atoms with Crippen LogP contribution in [0.25, 0.3) is 0 Å². The van der Waals surface area contributed by atoms with Crippen LogP contribution in [0.4, 0.5) is 10.5 Å². The SMILES string of the molecule is C=CCN(C(=O)Nc1c(C)cc(C)cc1C(=O)O)C(C)C. The Morgan fingerprint density at radius 1 is 1.38 bits per heavy atom. The summed E-state index contributed by atoms with van der Waals surface area (Å²) in [5, 5.41) is 12.0. The average Bonchev–Trinajstić information content (AvgIpc) is 2.37. The number of nitrogens with zero attached hydrogens (tertiary/aromatic N) is 1. The molecule has 1 rings (SSSR count). The maximum absolute atomic E-state index is 12.3. The van der Waals surface area contributed by atoms with E-state index in [9.17, 15) is 14.7 Å². The largest absolute Gasteiger partial charge is 0.478 e. The third-order valence-corrected chi connectivity index (χ3v) is 3.15. The van der Waals surface area contributed by atoms with E-state index in [-0.39, 0.29) is 17.6 Å². The smallest absolute Gasteiger partial charge is 0.337 e. The van der Waals surface area contributed by atoms with Crippen LogP contribution >= 0.6 is 0 Å². The first-order valence-electron chi connectivity index (χ1n) is 6.81. The van der Waals surface area contributed by atoms with Gasteiger partial charge in [-0.2, -0.15) is 0 Å². The van der Waals surface area contributed by atoms with Gasteiger partial charge in [0.15, 0.2) is 0 Å². The van der Waals surface area contributed by atoms with Gasteiger partial charge >= 0.3 is 12.0 Å². The fraction of sp³-hybridized carbons (Fsp3) is 0.375. The standard InChI is InChI=1S/C16H22N2O3/c1-6-7-18(10(2)3)16(21)17-14-12(5)8-11(4)9-13(14)15(19)20/h6,8-10H,1,7H2,2-5H3,(H,17,21)(H,19,20). The molecule has 1 aromatic carbocycles. The maximum atomic E-state index is 12.3. The Labute approximate surface area is 125 Å². The highest BCUT2D eigenvalue weighted by Gasteiger charge is 2.20. The molecule has 5 nitrogen and oxygen atoms in total. The van der Waals surface area contributed by atoms with Crippen molar-refractivity contribution in [3.8, 4) is 0 Å². The molecule has 0 aliphatic heterocycles. The minimum Gasteiger partial charge on any atom is -0.478 e. The lowest BCUT2D eigenvalue weighted by atomic mass is 10.0. The van der Waals surface area contributed by atoms with E-state index in [4.69, 9.17) is 0 Å². The van der Waals surface area contributed by atoms with Crippen molar-refractivity contribution in [2.45, 2.75) is 33.7 Å². The number of benzene rings is 1. The first-order valence-corrected chi connectivity index (χ1v) is 6.81. The van der Waals surface area contributed by atoms with Crippen LogP contribution in [-0.2, 0) is 0 Å². The Balaban J connectivity index is 3.15. The normalized spacial score (nSPS) is 10.3. The molecule has 0 unspecified atom stereocenters. The summed E-state index contributed by atoms with van der Waals surface area (Å²) in [6, 6.07) is 3.05. The van der Waals surface area contributed by atoms with Crippen molar-refractivity contribution in [1.82, 2.24) is 4.90 Å². The van der Waals surface area contributed by atoms with Crippen LogP contribution in [0.2, 0.25) is 0 Å². The van der Waals surface area contributed by atoms with E-state index in [0.29, 0.717) is 12.2 Å². The highest BCUT2D eigenvalue weighted by molar-refractivity contribution is 6.01. The van der Waals surface area contributed by atoms with Crippen LogP contribution in [0.15, 0.2) is 24.8 Å². The van der Waals surface area contributed by atoms with Crippen LogP contribution < -0.4 is 5.32 Å². The Bertz CT molecular complexity index is 565. The number of rotatable bonds is 5. The van der Waals surface area contributed by atoms with Gasteiger partial charge < -0.3 is 15.3 Å². The van der Waals surface area contributed by atoms with E-state index >= 15 is 0 Å². The number of carbonyl (C=O) groups excluding carboxylic acids is 1. The molecular weight excluding hydrogens is 268 g/mol. The molecule has 5 heteroatoms. The topological polar surface area (TPSA) is 69.6 Å². The van der Waals surface area contributed by atoms with Crippen LogP contribution in [0.1, 0.15) is 35.3 Å². The van der Waals surface area contributed by atoms with Crippen LogP contribution in [0.3, 0.4) is 0 Å². The number of urea groups is 1. The lowest BCUT2D eigenvalue weighted by Gasteiger charge is -2.26. The number of hydrogen-bond donors (Lipinski definition) is 2. The van der Waals surface area contributed by atoms with Gasteiger partial charge in [0.25, 0.3) is 0 Å². The predicted molar refractivity (Wildman–Crippen MR) is 83.9 cm³/mol. The number of carboxylic acids is 1. The number of amides is 2. The fourth-order valence-electron chi connectivity index (χ4n) is 2.15. The van der Waals surface area contributed by atoms with E-state index < -0.39 is 5.97 Å². The molecule has 2 amide bonds. The number of aryl methyl sites for hydroxylation is 2. The molecule has 2 N–H and O–H groups in total. The minimum absolute atomic E-state index is 0.0120. The monoisotopic (exact) mass is 290 g/mol. The van der Waals surface area contributed by atoms with E-state index in [0.717, 1.165) is 11.1 Å². The van der Waals surface area contributed by atoms with Crippen molar-refractivity contribution in [2.75, 3.05) is 11.9 Å². The van der Waals surface area contributed by atoms with Gasteiger partial charge in [0.1, 0.15) is 0 Å². The van der Waals surface area contributed by atoms with Crippen molar-refractivity contribution in [3.05, 3.63) is 41.5 Å². The second-order valence-corrected chi connectivity index (χ2v) is 5.27. The molecule has 0 atom stereocenters. The van der Waals surface area contributed by atoms with Gasteiger partial charge in [-0.05, 0) is 44.9 Å². The molecule has 0 aliphatic carbocycles. The van der Waals surface area contributed by atoms with Crippen molar-refractivity contribution in [1.29, 1.82) is 0 Å². The first-order chi connectivity index (χ1) is 9.77. The molecule has 0 heterocycles. The van der Waals surface area contributed by atoms with Gasteiger partial charge in [-0.25, -0.2) is 9.59 Å². The molecule has 0 radical (unpaired) electrons. The van der Waals surface area contributed by atoms with Crippen molar-refractivity contribution in [2.24, 2.45) is 0 Å². The highest BCUT2D eigenvalue weighted by Crippen LogP contribution is 2.23. The van der Waals surface area contributed by atoms with Gasteiger partial charge in [0.2, 0.25) is 0 Å². The minimum atomic E-state index is -1.06. The molecule has 1 aromatic rings. The number of nitrogens with one attached hydrogen (secondary N) is 1. The quantitative estimate of drug-likeness (QED) is 0.816. The van der Waals surface area contributed by atoms with Gasteiger partial charge in [-0.1, -0.05) is 12.1 Å². The van der Waals surface area contributed by atoms with Crippen LogP contribution in [0.5, 0.6) is 0 Å². The lowest BCUT2D eigenvalue weighted by Crippen LogP contribution is -2.40. The van der Waals surface area contributed by atoms with Gasteiger partial charge in [0.05, 0.1) is 11.3 Å². The number of aromatic carboxylic acids is 1. The third kappa shape index (κ3) is 4.08. The van der Waals surface area contributed by atoms with Crippen molar-refractivity contribution < 1.29 is 14.7 Å². The zero-order valence-electron chi connectivity index (χ0n) is 12.9. The number of hydrogen-bond acceptors (Lipinski definition) is 2. The summed E-state index contributed by atoms with van der Waals surface area (Å²) < 4.78 is 0. The molecule has 0 aromatic heterocycles. The van der Waals surface area contributed by atoms with E-state index in [1.165, 1.54) is 0 Å². The maximum Gasteiger partial charge on any atom is 0.337 e. The summed E-state index contributed by atoms with van der Waals surface area (Å²) in [5.74, 6) is -1.06. The number of anilines is 1. The van der Waals surface area contributed by atoms with Gasteiger partial charge in [-0.15, -0.1) is 6.58 Å². The molecule has 0 bridgehead atoms. The van der Waals surface area contributed by atoms with Crippen molar-refractivity contribution >= 4 is 17.7 Å². The molecule has 114 valence electrons. The third-order valence-electron chi connectivity index (χ3n) is 3.15. The zero-order valence-corrected chi connectivity index (χ0v) is 12.9. The molecule has 0 fully saturated rings. The average molecular weight is 290 g/mol. The second kappa shape index (κ2) is 6.92. The van der Waals surface area contributed by atoms with E-state index in [1.807, 2.05) is 26.8 Å². The Kier molecular flexibility index (Phi) is 5.52. The summed E-state index contributed by atoms with van der Waals surface area (Å²) >= 11 is 0. The summed E-state index contributed by atoms with van der Waals surface area (Å²) in [7, 11) is 0. The summed E-state index contributed by atoms with van der Waals surface area (Å²) in [5.41, 5.74) is 2.01. The Morgan fingerprint density at radius 3 is 2.48 bits per heavy atom. The molecule has 21 heavy (non-hydrogen) atoms. The molecule has 0 saturated heterocycles.